The summed E-state index contributed by atoms with van der Waals surface area (Å²) in [5.41, 5.74) is 8.19. The first kappa shape index (κ1) is 19.0. The van der Waals surface area contributed by atoms with E-state index in [4.69, 9.17) is 5.73 Å². The molecular formula is C19H25ClN2O. The summed E-state index contributed by atoms with van der Waals surface area (Å²) in [5, 5.41) is 3.07. The highest BCUT2D eigenvalue weighted by Crippen LogP contribution is 2.30. The number of nitrogen functional groups attached to an aromatic ring is 1. The highest BCUT2D eigenvalue weighted by atomic mass is 35.5. The average Bonchev–Trinajstić information content (AvgIpc) is 2.57. The molecule has 0 saturated heterocycles. The Morgan fingerprint density at radius 3 is 2.26 bits per heavy atom. The smallest absolute Gasteiger partial charge is 0.251 e. The summed E-state index contributed by atoms with van der Waals surface area (Å²) in [4.78, 5) is 12.3. The Hall–Kier alpha value is -2.00. The van der Waals surface area contributed by atoms with E-state index in [-0.39, 0.29) is 23.7 Å². The van der Waals surface area contributed by atoms with Gasteiger partial charge in [0.05, 0.1) is 0 Å². The molecule has 1 amide bonds. The van der Waals surface area contributed by atoms with Gasteiger partial charge in [0, 0.05) is 23.2 Å². The lowest BCUT2D eigenvalue weighted by Crippen LogP contribution is -2.40. The van der Waals surface area contributed by atoms with Crippen LogP contribution in [0.1, 0.15) is 42.6 Å². The zero-order chi connectivity index (χ0) is 16.0. The first-order valence-corrected chi connectivity index (χ1v) is 7.80. The van der Waals surface area contributed by atoms with Crippen molar-refractivity contribution in [2.75, 3.05) is 12.3 Å². The van der Waals surface area contributed by atoms with Gasteiger partial charge in [-0.25, -0.2) is 0 Å². The quantitative estimate of drug-likeness (QED) is 0.780. The van der Waals surface area contributed by atoms with Gasteiger partial charge in [-0.2, -0.15) is 0 Å². The lowest BCUT2D eigenvalue weighted by atomic mass is 9.76. The predicted octanol–water partition coefficient (Wildman–Crippen LogP) is 4.18. The summed E-state index contributed by atoms with van der Waals surface area (Å²) in [5.74, 6) is -0.0745. The fraction of sp³-hybridized carbons (Fsp3) is 0.316. The molecule has 0 aliphatic carbocycles. The zero-order valence-electron chi connectivity index (χ0n) is 13.7. The summed E-state index contributed by atoms with van der Waals surface area (Å²) in [6.07, 6.45) is 1.95. The standard InChI is InChI=1S/C19H24N2O.ClH/c1-3-19(4-2,16-10-6-5-7-11-16)14-21-18(22)15-9-8-12-17(20)13-15;/h5-13H,3-4,14,20H2,1-2H3,(H,21,22);1H. The number of rotatable bonds is 6. The molecule has 0 aliphatic rings. The van der Waals surface area contributed by atoms with Crippen molar-refractivity contribution in [2.24, 2.45) is 0 Å². The van der Waals surface area contributed by atoms with Crippen molar-refractivity contribution >= 4 is 24.0 Å². The van der Waals surface area contributed by atoms with Crippen LogP contribution in [0.4, 0.5) is 5.69 Å². The van der Waals surface area contributed by atoms with Crippen LogP contribution in [0.25, 0.3) is 0 Å². The molecule has 2 rings (SSSR count). The van der Waals surface area contributed by atoms with E-state index in [1.54, 1.807) is 24.3 Å². The second-order valence-electron chi connectivity index (χ2n) is 5.66. The largest absolute Gasteiger partial charge is 0.399 e. The monoisotopic (exact) mass is 332 g/mol. The van der Waals surface area contributed by atoms with Gasteiger partial charge in [-0.1, -0.05) is 50.2 Å². The predicted molar refractivity (Wildman–Crippen MR) is 99.1 cm³/mol. The molecule has 0 radical (unpaired) electrons. The minimum atomic E-state index is -0.0745. The highest BCUT2D eigenvalue weighted by molar-refractivity contribution is 5.95. The highest BCUT2D eigenvalue weighted by Gasteiger charge is 2.28. The Bertz CT molecular complexity index is 624. The van der Waals surface area contributed by atoms with Gasteiger partial charge >= 0.3 is 0 Å². The lowest BCUT2D eigenvalue weighted by Gasteiger charge is -2.32. The SMILES string of the molecule is CCC(CC)(CNC(=O)c1cccc(N)c1)c1ccccc1.Cl. The summed E-state index contributed by atoms with van der Waals surface area (Å²) in [6.45, 7) is 4.96. The molecule has 2 aromatic rings. The number of anilines is 1. The summed E-state index contributed by atoms with van der Waals surface area (Å²) in [7, 11) is 0. The molecule has 3 nitrogen and oxygen atoms in total. The molecule has 23 heavy (non-hydrogen) atoms. The first-order valence-electron chi connectivity index (χ1n) is 7.80. The Morgan fingerprint density at radius 2 is 1.70 bits per heavy atom. The van der Waals surface area contributed by atoms with E-state index in [0.717, 1.165) is 12.8 Å². The van der Waals surface area contributed by atoms with Crippen LogP contribution in [-0.2, 0) is 5.41 Å². The minimum Gasteiger partial charge on any atom is -0.399 e. The van der Waals surface area contributed by atoms with Crippen LogP contribution in [0, 0.1) is 0 Å². The Balaban J connectivity index is 0.00000264. The fourth-order valence-corrected chi connectivity index (χ4v) is 2.83. The second kappa shape index (κ2) is 8.59. The average molecular weight is 333 g/mol. The van der Waals surface area contributed by atoms with Crippen molar-refractivity contribution in [3.63, 3.8) is 0 Å². The van der Waals surface area contributed by atoms with E-state index >= 15 is 0 Å². The van der Waals surface area contributed by atoms with Crippen LogP contribution in [0.3, 0.4) is 0 Å². The number of benzene rings is 2. The molecule has 4 heteroatoms. The third-order valence-corrected chi connectivity index (χ3v) is 4.48. The van der Waals surface area contributed by atoms with Crippen molar-refractivity contribution in [3.8, 4) is 0 Å². The van der Waals surface area contributed by atoms with E-state index in [0.29, 0.717) is 17.8 Å². The zero-order valence-corrected chi connectivity index (χ0v) is 14.5. The molecular weight excluding hydrogens is 308 g/mol. The van der Waals surface area contributed by atoms with E-state index in [1.807, 2.05) is 6.07 Å². The van der Waals surface area contributed by atoms with Gasteiger partial charge in [0.15, 0.2) is 0 Å². The Morgan fingerprint density at radius 1 is 1.04 bits per heavy atom. The lowest BCUT2D eigenvalue weighted by molar-refractivity contribution is 0.0941. The van der Waals surface area contributed by atoms with E-state index < -0.39 is 0 Å². The van der Waals surface area contributed by atoms with Crippen LogP contribution in [-0.4, -0.2) is 12.5 Å². The molecule has 0 heterocycles. The number of nitrogens with one attached hydrogen (secondary N) is 1. The topological polar surface area (TPSA) is 55.1 Å². The van der Waals surface area contributed by atoms with Crippen LogP contribution < -0.4 is 11.1 Å². The van der Waals surface area contributed by atoms with E-state index in [1.165, 1.54) is 5.56 Å². The molecule has 2 aromatic carbocycles. The molecule has 0 aromatic heterocycles. The van der Waals surface area contributed by atoms with Gasteiger partial charge in [0.25, 0.3) is 5.91 Å². The molecule has 3 N–H and O–H groups in total. The maximum absolute atomic E-state index is 12.3. The third-order valence-electron chi connectivity index (χ3n) is 4.48. The molecule has 0 spiro atoms. The van der Waals surface area contributed by atoms with Gasteiger partial charge in [-0.05, 0) is 36.6 Å². The summed E-state index contributed by atoms with van der Waals surface area (Å²) >= 11 is 0. The number of halogens is 1. The number of amides is 1. The van der Waals surface area contributed by atoms with Crippen LogP contribution in [0.5, 0.6) is 0 Å². The molecule has 0 atom stereocenters. The fourth-order valence-electron chi connectivity index (χ4n) is 2.83. The minimum absolute atomic E-state index is 0. The number of carbonyl (C=O) groups is 1. The van der Waals surface area contributed by atoms with E-state index in [2.05, 4.69) is 43.4 Å². The number of hydrogen-bond donors (Lipinski definition) is 2. The molecule has 0 fully saturated rings. The molecule has 0 bridgehead atoms. The maximum Gasteiger partial charge on any atom is 0.251 e. The normalized spacial score (nSPS) is 10.7. The summed E-state index contributed by atoms with van der Waals surface area (Å²) < 4.78 is 0. The van der Waals surface area contributed by atoms with Gasteiger partial charge in [-0.15, -0.1) is 12.4 Å². The number of nitrogens with two attached hydrogens (primary N) is 1. The first-order chi connectivity index (χ1) is 10.6. The maximum atomic E-state index is 12.3. The van der Waals surface area contributed by atoms with E-state index in [9.17, 15) is 4.79 Å². The third kappa shape index (κ3) is 4.49. The van der Waals surface area contributed by atoms with Gasteiger partial charge < -0.3 is 11.1 Å². The van der Waals surface area contributed by atoms with Crippen LogP contribution >= 0.6 is 12.4 Å². The molecule has 0 saturated carbocycles. The molecule has 124 valence electrons. The van der Waals surface area contributed by atoms with Crippen molar-refractivity contribution in [1.29, 1.82) is 0 Å². The Kier molecular flexibility index (Phi) is 7.11. The van der Waals surface area contributed by atoms with Crippen LogP contribution in [0.2, 0.25) is 0 Å². The van der Waals surface area contributed by atoms with Crippen molar-refractivity contribution in [1.82, 2.24) is 5.32 Å². The van der Waals surface area contributed by atoms with Gasteiger partial charge in [0.2, 0.25) is 0 Å². The van der Waals surface area contributed by atoms with Crippen LogP contribution in [0.15, 0.2) is 54.6 Å². The van der Waals surface area contributed by atoms with Crippen molar-refractivity contribution < 1.29 is 4.79 Å². The number of hydrogen-bond acceptors (Lipinski definition) is 2. The summed E-state index contributed by atoms with van der Waals surface area (Å²) in [6, 6.07) is 17.5. The van der Waals surface area contributed by atoms with Gasteiger partial charge in [0.1, 0.15) is 0 Å². The van der Waals surface area contributed by atoms with Crippen molar-refractivity contribution in [3.05, 3.63) is 65.7 Å². The van der Waals surface area contributed by atoms with Gasteiger partial charge in [-0.3, -0.25) is 4.79 Å². The molecule has 0 unspecified atom stereocenters. The molecule has 0 aliphatic heterocycles. The number of carbonyl (C=O) groups excluding carboxylic acids is 1. The second-order valence-corrected chi connectivity index (χ2v) is 5.66. The van der Waals surface area contributed by atoms with Crippen molar-refractivity contribution in [2.45, 2.75) is 32.1 Å². The Labute approximate surface area is 144 Å².